The van der Waals surface area contributed by atoms with Gasteiger partial charge in [0.05, 0.1) is 0 Å². The van der Waals surface area contributed by atoms with Crippen LogP contribution in [-0.2, 0) is 12.8 Å². The lowest BCUT2D eigenvalue weighted by Crippen LogP contribution is -2.09. The molecule has 2 N–H and O–H groups in total. The fourth-order valence-corrected chi connectivity index (χ4v) is 3.72. The summed E-state index contributed by atoms with van der Waals surface area (Å²) in [6.45, 7) is 9.99. The van der Waals surface area contributed by atoms with Crippen LogP contribution in [0.1, 0.15) is 54.4 Å². The molecule has 2 aromatic carbocycles. The zero-order valence-corrected chi connectivity index (χ0v) is 17.1. The van der Waals surface area contributed by atoms with E-state index in [1.54, 1.807) is 0 Å². The molecule has 0 aromatic heterocycles. The predicted octanol–water partition coefficient (Wildman–Crippen LogP) is 6.55. The van der Waals surface area contributed by atoms with E-state index in [4.69, 9.17) is 0 Å². The first-order valence-electron chi connectivity index (χ1n) is 10.0. The van der Waals surface area contributed by atoms with Gasteiger partial charge in [-0.25, -0.2) is 0 Å². The van der Waals surface area contributed by atoms with Crippen molar-refractivity contribution in [2.45, 2.75) is 44.9 Å². The minimum Gasteiger partial charge on any atom is -0.388 e. The molecular formula is C25H34N2. The molecule has 0 saturated heterocycles. The fourth-order valence-electron chi connectivity index (χ4n) is 3.72. The summed E-state index contributed by atoms with van der Waals surface area (Å²) in [5, 5.41) is 6.84. The summed E-state index contributed by atoms with van der Waals surface area (Å²) in [4.78, 5) is 0. The van der Waals surface area contributed by atoms with Crippen molar-refractivity contribution in [2.75, 3.05) is 24.7 Å². The van der Waals surface area contributed by atoms with E-state index in [2.05, 4.69) is 67.1 Å². The minimum absolute atomic E-state index is 0.366. The van der Waals surface area contributed by atoms with E-state index in [1.165, 1.54) is 46.5 Å². The maximum absolute atomic E-state index is 3.87. The molecule has 0 saturated carbocycles. The van der Waals surface area contributed by atoms with Crippen LogP contribution in [0, 0.1) is 0 Å². The molecule has 0 bridgehead atoms. The van der Waals surface area contributed by atoms with E-state index in [-0.39, 0.29) is 0 Å². The number of nitrogens with one attached hydrogen (secondary N) is 2. The SMILES string of the molecule is C=CCc1ccc(C(CCCC)c2ccc(CC=C)cc2NC)c(NC)c1. The summed E-state index contributed by atoms with van der Waals surface area (Å²) >= 11 is 0. The minimum atomic E-state index is 0.366. The quantitative estimate of drug-likeness (QED) is 0.443. The average Bonchev–Trinajstić information content (AvgIpc) is 2.70. The van der Waals surface area contributed by atoms with Gasteiger partial charge in [0.15, 0.2) is 0 Å². The van der Waals surface area contributed by atoms with Gasteiger partial charge in [0.25, 0.3) is 0 Å². The Bertz CT molecular complexity index is 699. The van der Waals surface area contributed by atoms with E-state index in [9.17, 15) is 0 Å². The number of benzene rings is 2. The van der Waals surface area contributed by atoms with Gasteiger partial charge in [0, 0.05) is 31.4 Å². The Balaban J connectivity index is 2.52. The number of hydrogen-bond acceptors (Lipinski definition) is 2. The van der Waals surface area contributed by atoms with Crippen molar-refractivity contribution in [3.8, 4) is 0 Å². The van der Waals surface area contributed by atoms with Crippen LogP contribution in [0.25, 0.3) is 0 Å². The van der Waals surface area contributed by atoms with E-state index < -0.39 is 0 Å². The third-order valence-corrected chi connectivity index (χ3v) is 5.13. The van der Waals surface area contributed by atoms with Crippen LogP contribution in [0.5, 0.6) is 0 Å². The first-order valence-corrected chi connectivity index (χ1v) is 10.0. The maximum Gasteiger partial charge on any atom is 0.0379 e. The van der Waals surface area contributed by atoms with Crippen LogP contribution in [0.2, 0.25) is 0 Å². The van der Waals surface area contributed by atoms with E-state index >= 15 is 0 Å². The molecule has 2 rings (SSSR count). The second-order valence-corrected chi connectivity index (χ2v) is 7.02. The van der Waals surface area contributed by atoms with Gasteiger partial charge >= 0.3 is 0 Å². The third kappa shape index (κ3) is 5.26. The normalized spacial score (nSPS) is 10.7. The Morgan fingerprint density at radius 2 is 1.33 bits per heavy atom. The molecule has 0 aliphatic heterocycles. The van der Waals surface area contributed by atoms with Gasteiger partial charge in [-0.3, -0.25) is 0 Å². The molecule has 2 nitrogen and oxygen atoms in total. The van der Waals surface area contributed by atoms with Gasteiger partial charge in [0.1, 0.15) is 0 Å². The first kappa shape index (κ1) is 20.8. The van der Waals surface area contributed by atoms with E-state index in [0.717, 1.165) is 19.3 Å². The van der Waals surface area contributed by atoms with Crippen molar-refractivity contribution in [1.29, 1.82) is 0 Å². The molecule has 2 aromatic rings. The first-order chi connectivity index (χ1) is 13.2. The molecular weight excluding hydrogens is 328 g/mol. The summed E-state index contributed by atoms with van der Waals surface area (Å²) in [6.07, 6.45) is 9.25. The van der Waals surface area contributed by atoms with Crippen LogP contribution in [0.3, 0.4) is 0 Å². The highest BCUT2D eigenvalue weighted by atomic mass is 14.8. The number of anilines is 2. The predicted molar refractivity (Wildman–Crippen MR) is 121 cm³/mol. The number of rotatable bonds is 11. The molecule has 0 fully saturated rings. The van der Waals surface area contributed by atoms with Gasteiger partial charge in [-0.15, -0.1) is 13.2 Å². The molecule has 0 aliphatic rings. The van der Waals surface area contributed by atoms with Gasteiger partial charge in [-0.1, -0.05) is 56.2 Å². The Labute approximate surface area is 165 Å². The molecule has 0 spiro atoms. The Hall–Kier alpha value is -2.48. The van der Waals surface area contributed by atoms with Gasteiger partial charge in [0.2, 0.25) is 0 Å². The zero-order valence-electron chi connectivity index (χ0n) is 17.1. The summed E-state index contributed by atoms with van der Waals surface area (Å²) in [6, 6.07) is 13.6. The van der Waals surface area contributed by atoms with Crippen molar-refractivity contribution in [3.63, 3.8) is 0 Å². The van der Waals surface area contributed by atoms with E-state index in [1.807, 2.05) is 26.2 Å². The Morgan fingerprint density at radius 1 is 0.852 bits per heavy atom. The van der Waals surface area contributed by atoms with Crippen molar-refractivity contribution < 1.29 is 0 Å². The summed E-state index contributed by atoms with van der Waals surface area (Å²) in [5.74, 6) is 0.366. The highest BCUT2D eigenvalue weighted by Gasteiger charge is 2.20. The largest absolute Gasteiger partial charge is 0.388 e. The van der Waals surface area contributed by atoms with Crippen LogP contribution >= 0.6 is 0 Å². The molecule has 0 heterocycles. The molecule has 0 amide bonds. The fraction of sp³-hybridized carbons (Fsp3) is 0.360. The molecule has 0 atom stereocenters. The van der Waals surface area contributed by atoms with Gasteiger partial charge in [-0.05, 0) is 53.6 Å². The van der Waals surface area contributed by atoms with E-state index in [0.29, 0.717) is 5.92 Å². The molecule has 0 radical (unpaired) electrons. The molecule has 0 aliphatic carbocycles. The maximum atomic E-state index is 3.87. The lowest BCUT2D eigenvalue weighted by molar-refractivity contribution is 0.652. The number of hydrogen-bond donors (Lipinski definition) is 2. The van der Waals surface area contributed by atoms with Crippen molar-refractivity contribution in [3.05, 3.63) is 84.0 Å². The second kappa shape index (κ2) is 10.6. The van der Waals surface area contributed by atoms with Crippen molar-refractivity contribution >= 4 is 11.4 Å². The van der Waals surface area contributed by atoms with Gasteiger partial charge in [-0.2, -0.15) is 0 Å². The Morgan fingerprint density at radius 3 is 1.70 bits per heavy atom. The topological polar surface area (TPSA) is 24.1 Å². The third-order valence-electron chi connectivity index (χ3n) is 5.13. The zero-order chi connectivity index (χ0) is 19.6. The number of unbranched alkanes of at least 4 members (excludes halogenated alkanes) is 1. The van der Waals surface area contributed by atoms with Gasteiger partial charge < -0.3 is 10.6 Å². The molecule has 144 valence electrons. The number of allylic oxidation sites excluding steroid dienone is 2. The summed E-state index contributed by atoms with van der Waals surface area (Å²) < 4.78 is 0. The van der Waals surface area contributed by atoms with Crippen LogP contribution in [-0.4, -0.2) is 14.1 Å². The molecule has 0 unspecified atom stereocenters. The smallest absolute Gasteiger partial charge is 0.0379 e. The standard InChI is InChI=1S/C25H34N2/c1-6-9-12-21(22-15-13-19(10-7-2)17-24(22)26-4)23-16-14-20(11-8-3)18-25(23)27-5/h7-8,13-18,21,26-27H,2-3,6,9-12H2,1,4-5H3. The second-order valence-electron chi connectivity index (χ2n) is 7.02. The van der Waals surface area contributed by atoms with Crippen molar-refractivity contribution in [1.82, 2.24) is 0 Å². The Kier molecular flexibility index (Phi) is 8.19. The highest BCUT2D eigenvalue weighted by molar-refractivity contribution is 5.62. The monoisotopic (exact) mass is 362 g/mol. The molecule has 2 heteroatoms. The van der Waals surface area contributed by atoms with Crippen LogP contribution < -0.4 is 10.6 Å². The highest BCUT2D eigenvalue weighted by Crippen LogP contribution is 2.38. The lowest BCUT2D eigenvalue weighted by Gasteiger charge is -2.24. The average molecular weight is 363 g/mol. The summed E-state index contributed by atoms with van der Waals surface area (Å²) in [5.41, 5.74) is 7.75. The summed E-state index contributed by atoms with van der Waals surface area (Å²) in [7, 11) is 4.03. The van der Waals surface area contributed by atoms with Crippen LogP contribution in [0.15, 0.2) is 61.7 Å². The van der Waals surface area contributed by atoms with Crippen molar-refractivity contribution in [2.24, 2.45) is 0 Å². The molecule has 27 heavy (non-hydrogen) atoms. The lowest BCUT2D eigenvalue weighted by atomic mass is 9.84. The van der Waals surface area contributed by atoms with Crippen LogP contribution in [0.4, 0.5) is 11.4 Å².